The van der Waals surface area contributed by atoms with E-state index in [4.69, 9.17) is 0 Å². The van der Waals surface area contributed by atoms with E-state index in [2.05, 4.69) is 4.98 Å². The third kappa shape index (κ3) is 2.58. The first-order valence-corrected chi connectivity index (χ1v) is 5.41. The van der Waals surface area contributed by atoms with E-state index in [1.807, 2.05) is 20.8 Å². The summed E-state index contributed by atoms with van der Waals surface area (Å²) in [6.07, 6.45) is 3.12. The lowest BCUT2D eigenvalue weighted by atomic mass is 10.1. The highest BCUT2D eigenvalue weighted by molar-refractivity contribution is 5.03. The summed E-state index contributed by atoms with van der Waals surface area (Å²) in [5.74, 6) is 0.343. The fourth-order valence-corrected chi connectivity index (χ4v) is 1.41. The molecule has 1 rings (SSSR count). The van der Waals surface area contributed by atoms with E-state index in [9.17, 15) is 9.59 Å². The Morgan fingerprint density at radius 1 is 1.40 bits per heavy atom. The second-order valence-electron chi connectivity index (χ2n) is 3.90. The average molecular weight is 210 g/mol. The molecule has 1 heterocycles. The maximum atomic E-state index is 11.8. The molecule has 1 atom stereocenters. The summed E-state index contributed by atoms with van der Waals surface area (Å²) in [5, 5.41) is 0. The summed E-state index contributed by atoms with van der Waals surface area (Å²) in [4.78, 5) is 25.9. The van der Waals surface area contributed by atoms with Crippen LogP contribution < -0.4 is 11.2 Å². The molecule has 0 aliphatic heterocycles. The molecule has 0 aliphatic carbocycles. The van der Waals surface area contributed by atoms with Crippen molar-refractivity contribution in [3.63, 3.8) is 0 Å². The minimum Gasteiger partial charge on any atom is -0.314 e. The topological polar surface area (TPSA) is 54.9 Å². The lowest BCUT2D eigenvalue weighted by Crippen LogP contribution is -2.38. The molecule has 15 heavy (non-hydrogen) atoms. The van der Waals surface area contributed by atoms with Crippen molar-refractivity contribution in [2.24, 2.45) is 5.92 Å². The smallest absolute Gasteiger partial charge is 0.314 e. The van der Waals surface area contributed by atoms with Crippen LogP contribution in [-0.2, 0) is 13.0 Å². The van der Waals surface area contributed by atoms with Crippen molar-refractivity contribution >= 4 is 0 Å². The highest BCUT2D eigenvalue weighted by atomic mass is 16.2. The molecule has 1 aromatic heterocycles. The van der Waals surface area contributed by atoms with E-state index in [1.54, 1.807) is 0 Å². The van der Waals surface area contributed by atoms with Gasteiger partial charge in [-0.05, 0) is 12.3 Å². The summed E-state index contributed by atoms with van der Waals surface area (Å²) in [6, 6.07) is 0. The van der Waals surface area contributed by atoms with Gasteiger partial charge in [0, 0.05) is 18.3 Å². The van der Waals surface area contributed by atoms with Gasteiger partial charge in [-0.1, -0.05) is 27.2 Å². The molecule has 0 fully saturated rings. The zero-order valence-electron chi connectivity index (χ0n) is 9.54. The van der Waals surface area contributed by atoms with Gasteiger partial charge in [0.15, 0.2) is 0 Å². The number of nitrogens with zero attached hydrogens (tertiary/aromatic N) is 1. The molecule has 0 aliphatic rings. The molecule has 1 N–H and O–H groups in total. The van der Waals surface area contributed by atoms with Crippen LogP contribution in [0.15, 0.2) is 15.8 Å². The van der Waals surface area contributed by atoms with E-state index < -0.39 is 0 Å². The Morgan fingerprint density at radius 2 is 2.07 bits per heavy atom. The maximum absolute atomic E-state index is 11.8. The standard InChI is InChI=1S/C11H18N2O2/c1-4-8(3)7-13-10(14)9(5-2)6-12-11(13)15/h6,8H,4-5,7H2,1-3H3,(H,12,15). The fourth-order valence-electron chi connectivity index (χ4n) is 1.41. The SMILES string of the molecule is CCc1c[nH]c(=O)n(CC(C)CC)c1=O. The zero-order chi connectivity index (χ0) is 11.4. The van der Waals surface area contributed by atoms with Gasteiger partial charge in [-0.2, -0.15) is 0 Å². The van der Waals surface area contributed by atoms with Crippen LogP contribution in [-0.4, -0.2) is 9.55 Å². The van der Waals surface area contributed by atoms with Gasteiger partial charge in [0.05, 0.1) is 0 Å². The van der Waals surface area contributed by atoms with Crippen LogP contribution in [0.1, 0.15) is 32.8 Å². The first-order valence-electron chi connectivity index (χ1n) is 5.41. The molecule has 0 aromatic carbocycles. The highest BCUT2D eigenvalue weighted by Gasteiger charge is 2.08. The lowest BCUT2D eigenvalue weighted by molar-refractivity contribution is 0.444. The second-order valence-corrected chi connectivity index (χ2v) is 3.90. The Kier molecular flexibility index (Phi) is 3.88. The molecule has 1 aromatic rings. The van der Waals surface area contributed by atoms with Crippen LogP contribution in [0.3, 0.4) is 0 Å². The minimum atomic E-state index is -0.308. The molecular weight excluding hydrogens is 192 g/mol. The van der Waals surface area contributed by atoms with E-state index in [0.29, 0.717) is 24.4 Å². The Hall–Kier alpha value is -1.32. The number of hydrogen-bond donors (Lipinski definition) is 1. The summed E-state index contributed by atoms with van der Waals surface area (Å²) >= 11 is 0. The van der Waals surface area contributed by atoms with Gasteiger partial charge in [-0.25, -0.2) is 4.79 Å². The van der Waals surface area contributed by atoms with E-state index in [0.717, 1.165) is 6.42 Å². The number of aromatic nitrogens is 2. The van der Waals surface area contributed by atoms with Crippen LogP contribution in [0.25, 0.3) is 0 Å². The van der Waals surface area contributed by atoms with Crippen molar-refractivity contribution in [2.45, 2.75) is 40.2 Å². The number of hydrogen-bond acceptors (Lipinski definition) is 2. The monoisotopic (exact) mass is 210 g/mol. The third-order valence-corrected chi connectivity index (χ3v) is 2.71. The Morgan fingerprint density at radius 3 is 2.60 bits per heavy atom. The molecule has 4 heteroatoms. The van der Waals surface area contributed by atoms with Gasteiger partial charge < -0.3 is 4.98 Å². The normalized spacial score (nSPS) is 12.7. The maximum Gasteiger partial charge on any atom is 0.328 e. The second kappa shape index (κ2) is 4.96. The number of aromatic amines is 1. The quantitative estimate of drug-likeness (QED) is 0.810. The van der Waals surface area contributed by atoms with Crippen LogP contribution in [0, 0.1) is 5.92 Å². The van der Waals surface area contributed by atoms with E-state index in [-0.39, 0.29) is 11.2 Å². The molecule has 0 amide bonds. The summed E-state index contributed by atoms with van der Waals surface area (Å²) in [7, 11) is 0. The Labute approximate surface area is 89.0 Å². The van der Waals surface area contributed by atoms with Crippen molar-refractivity contribution in [3.8, 4) is 0 Å². The van der Waals surface area contributed by atoms with Crippen molar-refractivity contribution in [3.05, 3.63) is 32.6 Å². The highest BCUT2D eigenvalue weighted by Crippen LogP contribution is 2.01. The van der Waals surface area contributed by atoms with Crippen molar-refractivity contribution in [2.75, 3.05) is 0 Å². The van der Waals surface area contributed by atoms with Crippen LogP contribution in [0.2, 0.25) is 0 Å². The van der Waals surface area contributed by atoms with Crippen LogP contribution in [0.4, 0.5) is 0 Å². The predicted molar refractivity (Wildman–Crippen MR) is 60.2 cm³/mol. The van der Waals surface area contributed by atoms with E-state index in [1.165, 1.54) is 10.8 Å². The molecule has 0 saturated heterocycles. The molecule has 0 bridgehead atoms. The van der Waals surface area contributed by atoms with Crippen molar-refractivity contribution in [1.82, 2.24) is 9.55 Å². The van der Waals surface area contributed by atoms with Crippen LogP contribution >= 0.6 is 0 Å². The van der Waals surface area contributed by atoms with Gasteiger partial charge in [0.1, 0.15) is 0 Å². The fraction of sp³-hybridized carbons (Fsp3) is 0.636. The molecule has 84 valence electrons. The number of rotatable bonds is 4. The van der Waals surface area contributed by atoms with Gasteiger partial charge in [0.25, 0.3) is 5.56 Å². The number of H-pyrrole nitrogens is 1. The first kappa shape index (κ1) is 11.8. The summed E-state index contributed by atoms with van der Waals surface area (Å²) in [6.45, 7) is 6.49. The van der Waals surface area contributed by atoms with Crippen molar-refractivity contribution < 1.29 is 0 Å². The van der Waals surface area contributed by atoms with Gasteiger partial charge >= 0.3 is 5.69 Å². The van der Waals surface area contributed by atoms with Gasteiger partial charge in [-0.15, -0.1) is 0 Å². The lowest BCUT2D eigenvalue weighted by Gasteiger charge is -2.10. The first-order chi connectivity index (χ1) is 7.10. The zero-order valence-corrected chi connectivity index (χ0v) is 9.54. The molecule has 0 spiro atoms. The van der Waals surface area contributed by atoms with Crippen molar-refractivity contribution in [1.29, 1.82) is 0 Å². The van der Waals surface area contributed by atoms with Gasteiger partial charge in [0.2, 0.25) is 0 Å². The Bertz CT molecular complexity index is 431. The average Bonchev–Trinajstić information content (AvgIpc) is 2.24. The third-order valence-electron chi connectivity index (χ3n) is 2.71. The number of nitrogens with one attached hydrogen (secondary N) is 1. The predicted octanol–water partition coefficient (Wildman–Crippen LogP) is 1.15. The molecular formula is C11H18N2O2. The molecule has 1 unspecified atom stereocenters. The minimum absolute atomic E-state index is 0.151. The Balaban J connectivity index is 3.16. The van der Waals surface area contributed by atoms with Gasteiger partial charge in [-0.3, -0.25) is 9.36 Å². The molecule has 0 saturated carbocycles. The number of aryl methyl sites for hydroxylation is 1. The van der Waals surface area contributed by atoms with E-state index >= 15 is 0 Å². The summed E-state index contributed by atoms with van der Waals surface area (Å²) in [5.41, 5.74) is 0.206. The largest absolute Gasteiger partial charge is 0.328 e. The molecule has 4 nitrogen and oxygen atoms in total. The molecule has 0 radical (unpaired) electrons. The summed E-state index contributed by atoms with van der Waals surface area (Å²) < 4.78 is 1.30. The van der Waals surface area contributed by atoms with Crippen LogP contribution in [0.5, 0.6) is 0 Å².